The molecular weight excluding hydrogens is 391 g/mol. The third-order valence-corrected chi connectivity index (χ3v) is 4.05. The van der Waals surface area contributed by atoms with E-state index in [1.807, 2.05) is 6.92 Å². The lowest BCUT2D eigenvalue weighted by Gasteiger charge is -2.22. The predicted octanol–water partition coefficient (Wildman–Crippen LogP) is 4.70. The summed E-state index contributed by atoms with van der Waals surface area (Å²) in [6.45, 7) is 2.40. The van der Waals surface area contributed by atoms with Crippen LogP contribution in [0.15, 0.2) is 34.9 Å². The molecule has 1 aromatic heterocycles. The summed E-state index contributed by atoms with van der Waals surface area (Å²) in [4.78, 5) is 29.5. The molecule has 0 fully saturated rings. The summed E-state index contributed by atoms with van der Waals surface area (Å²) in [6.07, 6.45) is -0.749. The molecule has 0 saturated heterocycles. The van der Waals surface area contributed by atoms with E-state index in [0.717, 1.165) is 37.7 Å². The number of methoxy groups -OCH3 is 1. The molecule has 0 unspecified atom stereocenters. The van der Waals surface area contributed by atoms with Crippen molar-refractivity contribution in [2.45, 2.75) is 38.9 Å². The second-order valence-corrected chi connectivity index (χ2v) is 6.25. The maximum absolute atomic E-state index is 12.7. The Hall–Kier alpha value is -3.04. The van der Waals surface area contributed by atoms with Crippen LogP contribution in [0.25, 0.3) is 0 Å². The first-order valence-corrected chi connectivity index (χ1v) is 9.00. The number of benzene rings is 1. The van der Waals surface area contributed by atoms with Crippen molar-refractivity contribution < 1.29 is 31.9 Å². The Morgan fingerprint density at radius 1 is 1.21 bits per heavy atom. The van der Waals surface area contributed by atoms with Crippen molar-refractivity contribution in [3.8, 4) is 0 Å². The minimum absolute atomic E-state index is 0.00677. The van der Waals surface area contributed by atoms with E-state index in [4.69, 9.17) is 4.42 Å². The average Bonchev–Trinajstić information content (AvgIpc) is 3.15. The molecule has 7 nitrogen and oxygen atoms in total. The van der Waals surface area contributed by atoms with Crippen molar-refractivity contribution >= 4 is 17.7 Å². The number of ether oxygens (including phenoxy) is 1. The van der Waals surface area contributed by atoms with Gasteiger partial charge in [-0.25, -0.2) is 14.6 Å². The highest BCUT2D eigenvalue weighted by atomic mass is 19.4. The number of esters is 1. The van der Waals surface area contributed by atoms with Gasteiger partial charge in [-0.2, -0.15) is 13.2 Å². The summed E-state index contributed by atoms with van der Waals surface area (Å²) >= 11 is 0. The van der Waals surface area contributed by atoms with Gasteiger partial charge >= 0.3 is 18.2 Å². The molecule has 0 spiro atoms. The predicted molar refractivity (Wildman–Crippen MR) is 98.2 cm³/mol. The van der Waals surface area contributed by atoms with Gasteiger partial charge in [0.05, 0.1) is 19.2 Å². The number of anilines is 1. The highest BCUT2D eigenvalue weighted by molar-refractivity contribution is 5.89. The fraction of sp³-hybridized carbons (Fsp3) is 0.421. The van der Waals surface area contributed by atoms with Crippen LogP contribution in [-0.4, -0.2) is 35.5 Å². The van der Waals surface area contributed by atoms with Gasteiger partial charge in [-0.05, 0) is 30.7 Å². The molecule has 158 valence electrons. The van der Waals surface area contributed by atoms with E-state index in [0.29, 0.717) is 6.54 Å². The first-order chi connectivity index (χ1) is 13.7. The number of nitrogens with one attached hydrogen (secondary N) is 1. The van der Waals surface area contributed by atoms with Crippen LogP contribution in [-0.2, 0) is 17.5 Å². The van der Waals surface area contributed by atoms with Crippen molar-refractivity contribution in [2.24, 2.45) is 0 Å². The van der Waals surface area contributed by atoms with Gasteiger partial charge in [-0.15, -0.1) is 0 Å². The lowest BCUT2D eigenvalue weighted by atomic mass is 10.2. The number of aromatic nitrogens is 1. The lowest BCUT2D eigenvalue weighted by molar-refractivity contribution is -0.137. The Morgan fingerprint density at radius 3 is 2.48 bits per heavy atom. The second kappa shape index (κ2) is 9.94. The Kier molecular flexibility index (Phi) is 7.63. The first kappa shape index (κ1) is 22.3. The molecule has 0 saturated carbocycles. The number of carbonyl (C=O) groups excluding carboxylic acids is 2. The Balaban J connectivity index is 2.08. The van der Waals surface area contributed by atoms with E-state index in [9.17, 15) is 22.8 Å². The number of carbonyl (C=O) groups is 2. The molecule has 0 aliphatic heterocycles. The van der Waals surface area contributed by atoms with Crippen LogP contribution in [0.5, 0.6) is 0 Å². The molecule has 29 heavy (non-hydrogen) atoms. The topological polar surface area (TPSA) is 84.7 Å². The molecule has 2 aromatic rings. The number of amides is 2. The summed E-state index contributed by atoms with van der Waals surface area (Å²) in [7, 11) is 1.21. The summed E-state index contributed by atoms with van der Waals surface area (Å²) < 4.78 is 47.8. The maximum Gasteiger partial charge on any atom is 0.416 e. The maximum atomic E-state index is 12.7. The number of hydrogen-bond acceptors (Lipinski definition) is 5. The van der Waals surface area contributed by atoms with E-state index in [-0.39, 0.29) is 23.8 Å². The summed E-state index contributed by atoms with van der Waals surface area (Å²) in [6, 6.07) is 3.65. The standard InChI is InChI=1S/C19H22F3N3O4/c1-3-4-5-10-25(11-16-24-15(12-29-16)17(26)28-2)18(27)23-14-8-6-13(7-9-14)19(20,21)22/h6-9,12H,3-5,10-11H2,1-2H3,(H,23,27). The molecule has 0 atom stereocenters. The van der Waals surface area contributed by atoms with Crippen molar-refractivity contribution in [3.63, 3.8) is 0 Å². The van der Waals surface area contributed by atoms with Gasteiger partial charge in [0.1, 0.15) is 6.26 Å². The number of halogens is 3. The van der Waals surface area contributed by atoms with Gasteiger partial charge in [-0.3, -0.25) is 0 Å². The van der Waals surface area contributed by atoms with E-state index in [1.165, 1.54) is 24.1 Å². The van der Waals surface area contributed by atoms with Crippen LogP contribution in [0.1, 0.15) is 48.1 Å². The number of nitrogens with zero attached hydrogens (tertiary/aromatic N) is 2. The molecule has 1 N–H and O–H groups in total. The molecular formula is C19H22F3N3O4. The molecule has 0 bridgehead atoms. The Bertz CT molecular complexity index is 819. The Morgan fingerprint density at radius 2 is 1.90 bits per heavy atom. The van der Waals surface area contributed by atoms with E-state index in [1.54, 1.807) is 0 Å². The number of unbranched alkanes of at least 4 members (excludes halogenated alkanes) is 2. The highest BCUT2D eigenvalue weighted by Crippen LogP contribution is 2.29. The SMILES string of the molecule is CCCCCN(Cc1nc(C(=O)OC)co1)C(=O)Nc1ccc(C(F)(F)F)cc1. The van der Waals surface area contributed by atoms with Crippen molar-refractivity contribution in [2.75, 3.05) is 19.0 Å². The fourth-order valence-corrected chi connectivity index (χ4v) is 2.50. The van der Waals surface area contributed by atoms with Crippen LogP contribution in [0.2, 0.25) is 0 Å². The molecule has 1 heterocycles. The van der Waals surface area contributed by atoms with E-state index >= 15 is 0 Å². The first-order valence-electron chi connectivity index (χ1n) is 9.00. The zero-order valence-corrected chi connectivity index (χ0v) is 16.1. The fourth-order valence-electron chi connectivity index (χ4n) is 2.50. The molecule has 10 heteroatoms. The third kappa shape index (κ3) is 6.51. The number of rotatable bonds is 8. The van der Waals surface area contributed by atoms with Crippen molar-refractivity contribution in [3.05, 3.63) is 47.7 Å². The third-order valence-electron chi connectivity index (χ3n) is 4.05. The van der Waals surface area contributed by atoms with E-state index < -0.39 is 23.7 Å². The molecule has 2 amide bonds. The second-order valence-electron chi connectivity index (χ2n) is 6.25. The van der Waals surface area contributed by atoms with Crippen molar-refractivity contribution in [1.29, 1.82) is 0 Å². The van der Waals surface area contributed by atoms with Gasteiger partial charge in [0, 0.05) is 12.2 Å². The van der Waals surface area contributed by atoms with Crippen LogP contribution < -0.4 is 5.32 Å². The average molecular weight is 413 g/mol. The van der Waals surface area contributed by atoms with Crippen LogP contribution >= 0.6 is 0 Å². The van der Waals surface area contributed by atoms with Gasteiger partial charge < -0.3 is 19.4 Å². The summed E-state index contributed by atoms with van der Waals surface area (Å²) in [5.41, 5.74) is -0.587. The number of urea groups is 1. The number of oxazole rings is 1. The van der Waals surface area contributed by atoms with Gasteiger partial charge in [0.15, 0.2) is 5.69 Å². The quantitative estimate of drug-likeness (QED) is 0.501. The lowest BCUT2D eigenvalue weighted by Crippen LogP contribution is -2.35. The summed E-state index contributed by atoms with van der Waals surface area (Å²) in [5.74, 6) is -0.517. The minimum atomic E-state index is -4.45. The smallest absolute Gasteiger partial charge is 0.416 e. The summed E-state index contributed by atoms with van der Waals surface area (Å²) in [5, 5.41) is 2.57. The van der Waals surface area contributed by atoms with E-state index in [2.05, 4.69) is 15.0 Å². The zero-order chi connectivity index (χ0) is 21.4. The van der Waals surface area contributed by atoms with Gasteiger partial charge in [0.25, 0.3) is 0 Å². The molecule has 0 radical (unpaired) electrons. The zero-order valence-electron chi connectivity index (χ0n) is 16.1. The molecule has 1 aromatic carbocycles. The van der Waals surface area contributed by atoms with Crippen LogP contribution in [0, 0.1) is 0 Å². The molecule has 0 aliphatic carbocycles. The highest BCUT2D eigenvalue weighted by Gasteiger charge is 2.30. The molecule has 0 aliphatic rings. The van der Waals surface area contributed by atoms with Crippen molar-refractivity contribution in [1.82, 2.24) is 9.88 Å². The van der Waals surface area contributed by atoms with Crippen LogP contribution in [0.4, 0.5) is 23.7 Å². The monoisotopic (exact) mass is 413 g/mol. The minimum Gasteiger partial charge on any atom is -0.464 e. The number of alkyl halides is 3. The Labute approximate surface area is 165 Å². The largest absolute Gasteiger partial charge is 0.464 e. The van der Waals surface area contributed by atoms with Gasteiger partial charge in [-0.1, -0.05) is 19.8 Å². The molecule has 2 rings (SSSR count). The van der Waals surface area contributed by atoms with Crippen LogP contribution in [0.3, 0.4) is 0 Å². The normalized spacial score (nSPS) is 11.2. The number of hydrogen-bond donors (Lipinski definition) is 1. The van der Waals surface area contributed by atoms with Gasteiger partial charge in [0.2, 0.25) is 5.89 Å².